The second kappa shape index (κ2) is 6.41. The first-order valence-corrected chi connectivity index (χ1v) is 5.89. The van der Waals surface area contributed by atoms with Gasteiger partial charge in [-0.25, -0.2) is 4.98 Å². The third-order valence-electron chi connectivity index (χ3n) is 1.75. The van der Waals surface area contributed by atoms with Gasteiger partial charge in [-0.3, -0.25) is 4.79 Å². The Kier molecular flexibility index (Phi) is 5.17. The lowest BCUT2D eigenvalue weighted by Gasteiger charge is -2.10. The van der Waals surface area contributed by atoms with Crippen molar-refractivity contribution in [3.8, 4) is 12.3 Å². The van der Waals surface area contributed by atoms with Gasteiger partial charge in [-0.15, -0.1) is 6.42 Å². The lowest BCUT2D eigenvalue weighted by atomic mass is 10.4. The van der Waals surface area contributed by atoms with Crippen LogP contribution < -0.4 is 5.32 Å². The van der Waals surface area contributed by atoms with Crippen molar-refractivity contribution in [3.05, 3.63) is 23.4 Å². The van der Waals surface area contributed by atoms with E-state index < -0.39 is 0 Å². The van der Waals surface area contributed by atoms with Crippen molar-refractivity contribution in [3.63, 3.8) is 0 Å². The lowest BCUT2D eigenvalue weighted by molar-refractivity contribution is -0.120. The summed E-state index contributed by atoms with van der Waals surface area (Å²) in [4.78, 5) is 15.6. The summed E-state index contributed by atoms with van der Waals surface area (Å²) < 4.78 is 0. The van der Waals surface area contributed by atoms with Gasteiger partial charge in [0.15, 0.2) is 0 Å². The van der Waals surface area contributed by atoms with Crippen LogP contribution in [-0.4, -0.2) is 22.7 Å². The van der Waals surface area contributed by atoms with E-state index in [9.17, 15) is 4.79 Å². The first-order chi connectivity index (χ1) is 7.65. The number of amides is 1. The Labute approximate surface area is 104 Å². The van der Waals surface area contributed by atoms with Gasteiger partial charge in [0.05, 0.1) is 16.8 Å². The Hall–Kier alpha value is -1.18. The molecule has 1 heterocycles. The summed E-state index contributed by atoms with van der Waals surface area (Å²) >= 11 is 7.24. The van der Waals surface area contributed by atoms with Crippen LogP contribution in [0.1, 0.15) is 6.92 Å². The van der Waals surface area contributed by atoms with Crippen LogP contribution >= 0.6 is 23.4 Å². The van der Waals surface area contributed by atoms with E-state index in [1.807, 2.05) is 0 Å². The zero-order chi connectivity index (χ0) is 12.0. The van der Waals surface area contributed by atoms with Crippen molar-refractivity contribution >= 4 is 29.3 Å². The van der Waals surface area contributed by atoms with Crippen molar-refractivity contribution in [1.29, 1.82) is 0 Å². The molecular weight excluding hydrogens is 244 g/mol. The van der Waals surface area contributed by atoms with Crippen molar-refractivity contribution in [2.75, 3.05) is 6.54 Å². The number of pyridine rings is 1. The summed E-state index contributed by atoms with van der Waals surface area (Å²) in [5, 5.41) is 3.52. The summed E-state index contributed by atoms with van der Waals surface area (Å²) in [6.07, 6.45) is 6.69. The quantitative estimate of drug-likeness (QED) is 0.660. The minimum atomic E-state index is -0.277. The van der Waals surface area contributed by atoms with E-state index in [-0.39, 0.29) is 17.7 Å². The Morgan fingerprint density at radius 1 is 1.81 bits per heavy atom. The van der Waals surface area contributed by atoms with E-state index in [1.54, 1.807) is 25.3 Å². The van der Waals surface area contributed by atoms with Gasteiger partial charge in [-0.2, -0.15) is 0 Å². The van der Waals surface area contributed by atoms with Crippen molar-refractivity contribution < 1.29 is 4.79 Å². The number of carbonyl (C=O) groups is 1. The van der Waals surface area contributed by atoms with E-state index >= 15 is 0 Å². The fourth-order valence-corrected chi connectivity index (χ4v) is 2.04. The molecule has 84 valence electrons. The molecule has 1 aromatic heterocycles. The monoisotopic (exact) mass is 254 g/mol. The van der Waals surface area contributed by atoms with Crippen LogP contribution in [0.4, 0.5) is 0 Å². The molecule has 1 amide bonds. The van der Waals surface area contributed by atoms with E-state index in [0.717, 1.165) is 0 Å². The van der Waals surface area contributed by atoms with Crippen molar-refractivity contribution in [2.45, 2.75) is 17.2 Å². The topological polar surface area (TPSA) is 42.0 Å². The molecular formula is C11H11ClN2OS. The molecule has 0 aliphatic carbocycles. The predicted molar refractivity (Wildman–Crippen MR) is 66.4 cm³/mol. The number of nitrogens with one attached hydrogen (secondary N) is 1. The minimum Gasteiger partial charge on any atom is -0.344 e. The van der Waals surface area contributed by atoms with Crippen LogP contribution in [0.5, 0.6) is 0 Å². The van der Waals surface area contributed by atoms with Gasteiger partial charge in [0.25, 0.3) is 0 Å². The summed E-state index contributed by atoms with van der Waals surface area (Å²) in [5.41, 5.74) is 0. The second-order valence-corrected chi connectivity index (χ2v) is 4.71. The number of halogens is 1. The third-order valence-corrected chi connectivity index (χ3v) is 3.28. The number of nitrogens with zero attached hydrogens (tertiary/aromatic N) is 1. The van der Waals surface area contributed by atoms with Crippen LogP contribution in [0.15, 0.2) is 23.4 Å². The summed E-state index contributed by atoms with van der Waals surface area (Å²) in [6.45, 7) is 2.02. The molecule has 1 aromatic rings. The van der Waals surface area contributed by atoms with E-state index in [0.29, 0.717) is 10.0 Å². The van der Waals surface area contributed by atoms with Crippen LogP contribution in [0.25, 0.3) is 0 Å². The largest absolute Gasteiger partial charge is 0.344 e. The van der Waals surface area contributed by atoms with Crippen LogP contribution in [0.3, 0.4) is 0 Å². The molecule has 0 fully saturated rings. The molecule has 0 aromatic carbocycles. The van der Waals surface area contributed by atoms with E-state index in [2.05, 4.69) is 16.2 Å². The highest BCUT2D eigenvalue weighted by molar-refractivity contribution is 8.00. The smallest absolute Gasteiger partial charge is 0.234 e. The molecule has 0 aliphatic rings. The zero-order valence-electron chi connectivity index (χ0n) is 8.74. The van der Waals surface area contributed by atoms with Gasteiger partial charge in [0.2, 0.25) is 5.91 Å². The molecule has 16 heavy (non-hydrogen) atoms. The molecule has 0 saturated heterocycles. The van der Waals surface area contributed by atoms with Crippen LogP contribution in [0, 0.1) is 12.3 Å². The number of thioether (sulfide) groups is 1. The molecule has 0 bridgehead atoms. The fraction of sp³-hybridized carbons (Fsp3) is 0.273. The number of carbonyl (C=O) groups excluding carboxylic acids is 1. The van der Waals surface area contributed by atoms with E-state index in [4.69, 9.17) is 18.0 Å². The number of hydrogen-bond donors (Lipinski definition) is 1. The highest BCUT2D eigenvalue weighted by atomic mass is 35.5. The maximum absolute atomic E-state index is 11.5. The van der Waals surface area contributed by atoms with Gasteiger partial charge in [-0.05, 0) is 19.1 Å². The molecule has 0 radical (unpaired) electrons. The first-order valence-electron chi connectivity index (χ1n) is 4.63. The average Bonchev–Trinajstić information content (AvgIpc) is 2.28. The highest BCUT2D eigenvalue weighted by Gasteiger charge is 2.15. The SMILES string of the molecule is C#CCNC(=O)C(C)Sc1ncccc1Cl. The Morgan fingerprint density at radius 3 is 3.19 bits per heavy atom. The summed E-state index contributed by atoms with van der Waals surface area (Å²) in [6, 6.07) is 3.48. The van der Waals surface area contributed by atoms with Crippen molar-refractivity contribution in [2.24, 2.45) is 0 Å². The number of aromatic nitrogens is 1. The first kappa shape index (κ1) is 12.9. The van der Waals surface area contributed by atoms with Crippen LogP contribution in [0.2, 0.25) is 5.02 Å². The van der Waals surface area contributed by atoms with Gasteiger partial charge in [0, 0.05) is 6.20 Å². The molecule has 1 unspecified atom stereocenters. The molecule has 3 nitrogen and oxygen atoms in total. The van der Waals surface area contributed by atoms with Gasteiger partial charge >= 0.3 is 0 Å². The summed E-state index contributed by atoms with van der Waals surface area (Å²) in [5.74, 6) is 2.23. The maximum atomic E-state index is 11.5. The Morgan fingerprint density at radius 2 is 2.56 bits per heavy atom. The molecule has 5 heteroatoms. The van der Waals surface area contributed by atoms with Crippen LogP contribution in [-0.2, 0) is 4.79 Å². The number of rotatable bonds is 4. The van der Waals surface area contributed by atoms with Gasteiger partial charge in [0.1, 0.15) is 5.03 Å². The van der Waals surface area contributed by atoms with E-state index in [1.165, 1.54) is 11.8 Å². The Bertz CT molecular complexity index is 417. The van der Waals surface area contributed by atoms with Crippen molar-refractivity contribution in [1.82, 2.24) is 10.3 Å². The molecule has 1 N–H and O–H groups in total. The molecule has 0 aliphatic heterocycles. The molecule has 1 atom stereocenters. The summed E-state index contributed by atoms with van der Waals surface area (Å²) in [7, 11) is 0. The zero-order valence-corrected chi connectivity index (χ0v) is 10.3. The third kappa shape index (κ3) is 3.76. The fourth-order valence-electron chi connectivity index (χ4n) is 0.961. The average molecular weight is 255 g/mol. The Balaban J connectivity index is 2.58. The molecule has 0 saturated carbocycles. The number of hydrogen-bond acceptors (Lipinski definition) is 3. The van der Waals surface area contributed by atoms with Gasteiger partial charge < -0.3 is 5.32 Å². The second-order valence-electron chi connectivity index (χ2n) is 2.97. The maximum Gasteiger partial charge on any atom is 0.234 e. The minimum absolute atomic E-state index is 0.121. The highest BCUT2D eigenvalue weighted by Crippen LogP contribution is 2.27. The van der Waals surface area contributed by atoms with Gasteiger partial charge in [-0.1, -0.05) is 29.3 Å². The molecule has 1 rings (SSSR count). The normalized spacial score (nSPS) is 11.6. The number of terminal acetylenes is 1. The lowest BCUT2D eigenvalue weighted by Crippen LogP contribution is -2.31. The molecule has 0 spiro atoms. The predicted octanol–water partition coefficient (Wildman–Crippen LogP) is 1.96. The standard InChI is InChI=1S/C11H11ClN2OS/c1-3-6-13-10(15)8(2)16-11-9(12)5-4-7-14-11/h1,4-5,7-8H,6H2,2H3,(H,13,15).